The fraction of sp³-hybridized carbons (Fsp3) is 0.615. The molecule has 0 aliphatic heterocycles. The maximum Gasteiger partial charge on any atom is 0.322 e. The van der Waals surface area contributed by atoms with Gasteiger partial charge in [-0.05, 0) is 40.9 Å². The number of hydrogen-bond donors (Lipinski definition) is 1. The number of ether oxygens (including phenoxy) is 1. The van der Waals surface area contributed by atoms with Crippen LogP contribution in [-0.2, 0) is 16.0 Å². The monoisotopic (exact) mass is 333 g/mol. The van der Waals surface area contributed by atoms with Crippen molar-refractivity contribution in [2.45, 2.75) is 38.6 Å². The summed E-state index contributed by atoms with van der Waals surface area (Å²) in [6.07, 6.45) is 3.91. The van der Waals surface area contributed by atoms with Gasteiger partial charge in [0.15, 0.2) is 0 Å². The van der Waals surface area contributed by atoms with Gasteiger partial charge in [-0.3, -0.25) is 4.79 Å². The molecule has 1 N–H and O–H groups in total. The first-order chi connectivity index (χ1) is 8.67. The molecule has 0 saturated carbocycles. The average Bonchev–Trinajstić information content (AvgIpc) is 2.78. The topological polar surface area (TPSA) is 38.3 Å². The highest BCUT2D eigenvalue weighted by atomic mass is 79.9. The number of hydrogen-bond acceptors (Lipinski definition) is 4. The summed E-state index contributed by atoms with van der Waals surface area (Å²) in [6, 6.07) is 3.99. The Balaban J connectivity index is 2.34. The van der Waals surface area contributed by atoms with Gasteiger partial charge >= 0.3 is 5.97 Å². The fourth-order valence-corrected chi connectivity index (χ4v) is 3.19. The van der Waals surface area contributed by atoms with Gasteiger partial charge in [0.05, 0.1) is 10.9 Å². The number of thiophene rings is 1. The van der Waals surface area contributed by atoms with E-state index in [1.807, 2.05) is 0 Å². The molecule has 0 amide bonds. The number of carbonyl (C=O) groups is 1. The van der Waals surface area contributed by atoms with Crippen LogP contribution in [0.5, 0.6) is 0 Å². The quantitative estimate of drug-likeness (QED) is 0.741. The van der Waals surface area contributed by atoms with Crippen LogP contribution in [0.25, 0.3) is 0 Å². The predicted octanol–water partition coefficient (Wildman–Crippen LogP) is 3.37. The summed E-state index contributed by atoms with van der Waals surface area (Å²) < 4.78 is 5.96. The predicted molar refractivity (Wildman–Crippen MR) is 79.1 cm³/mol. The molecule has 5 heteroatoms. The number of unbranched alkanes of at least 4 members (excludes halogenated alkanes) is 1. The first-order valence-corrected chi connectivity index (χ1v) is 7.83. The Bertz CT molecular complexity index is 368. The van der Waals surface area contributed by atoms with Crippen LogP contribution in [0.1, 0.15) is 31.1 Å². The van der Waals surface area contributed by atoms with E-state index in [1.54, 1.807) is 11.3 Å². The van der Waals surface area contributed by atoms with E-state index < -0.39 is 0 Å². The van der Waals surface area contributed by atoms with Crippen molar-refractivity contribution in [3.63, 3.8) is 0 Å². The van der Waals surface area contributed by atoms with Crippen LogP contribution in [0.2, 0.25) is 0 Å². The van der Waals surface area contributed by atoms with Gasteiger partial charge in [0.25, 0.3) is 0 Å². The number of carbonyl (C=O) groups excluding carboxylic acids is 1. The molecule has 0 saturated heterocycles. The second kappa shape index (κ2) is 8.67. The smallest absolute Gasteiger partial charge is 0.322 e. The average molecular weight is 334 g/mol. The molecule has 1 unspecified atom stereocenters. The van der Waals surface area contributed by atoms with E-state index in [4.69, 9.17) is 4.74 Å². The van der Waals surface area contributed by atoms with Crippen molar-refractivity contribution in [3.8, 4) is 0 Å². The lowest BCUT2D eigenvalue weighted by Gasteiger charge is -2.15. The van der Waals surface area contributed by atoms with Crippen LogP contribution in [-0.4, -0.2) is 25.7 Å². The minimum absolute atomic E-state index is 0.157. The first-order valence-electron chi connectivity index (χ1n) is 6.22. The molecule has 1 heterocycles. The second-order valence-electron chi connectivity index (χ2n) is 4.13. The third kappa shape index (κ3) is 5.50. The SMILES string of the molecule is CCCCC(NCCc1ccc(Br)s1)C(=O)OC. The van der Waals surface area contributed by atoms with Gasteiger partial charge in [0.1, 0.15) is 6.04 Å². The van der Waals surface area contributed by atoms with Crippen molar-refractivity contribution in [2.24, 2.45) is 0 Å². The lowest BCUT2D eigenvalue weighted by Crippen LogP contribution is -2.38. The van der Waals surface area contributed by atoms with E-state index >= 15 is 0 Å². The van der Waals surface area contributed by atoms with Gasteiger partial charge in [0, 0.05) is 11.4 Å². The van der Waals surface area contributed by atoms with Crippen LogP contribution in [0.4, 0.5) is 0 Å². The number of esters is 1. The Morgan fingerprint density at radius 1 is 1.56 bits per heavy atom. The van der Waals surface area contributed by atoms with E-state index in [2.05, 4.69) is 40.3 Å². The van der Waals surface area contributed by atoms with Crippen LogP contribution in [0.3, 0.4) is 0 Å². The minimum Gasteiger partial charge on any atom is -0.468 e. The molecule has 0 radical (unpaired) electrons. The first kappa shape index (κ1) is 15.7. The van der Waals surface area contributed by atoms with Gasteiger partial charge < -0.3 is 10.1 Å². The molecule has 0 aliphatic rings. The molecule has 1 atom stereocenters. The van der Waals surface area contributed by atoms with Crippen LogP contribution in [0, 0.1) is 0 Å². The fourth-order valence-electron chi connectivity index (χ4n) is 1.71. The summed E-state index contributed by atoms with van der Waals surface area (Å²) in [5.41, 5.74) is 0. The summed E-state index contributed by atoms with van der Waals surface area (Å²) in [6.45, 7) is 2.92. The summed E-state index contributed by atoms with van der Waals surface area (Å²) in [4.78, 5) is 12.9. The lowest BCUT2D eigenvalue weighted by molar-refractivity contribution is -0.143. The van der Waals surface area contributed by atoms with Gasteiger partial charge in [-0.15, -0.1) is 11.3 Å². The van der Waals surface area contributed by atoms with Crippen molar-refractivity contribution in [2.75, 3.05) is 13.7 Å². The molecular weight excluding hydrogens is 314 g/mol. The van der Waals surface area contributed by atoms with E-state index in [-0.39, 0.29) is 12.0 Å². The van der Waals surface area contributed by atoms with Gasteiger partial charge in [-0.2, -0.15) is 0 Å². The third-order valence-corrected chi connectivity index (χ3v) is 4.41. The standard InChI is InChI=1S/C13H20BrNO2S/c1-3-4-5-11(13(16)17-2)15-9-8-10-6-7-12(14)18-10/h6-7,11,15H,3-5,8-9H2,1-2H3. The molecule has 0 spiro atoms. The molecule has 0 aliphatic carbocycles. The zero-order valence-electron chi connectivity index (χ0n) is 10.9. The summed E-state index contributed by atoms with van der Waals surface area (Å²) in [5, 5.41) is 3.28. The zero-order chi connectivity index (χ0) is 13.4. The Morgan fingerprint density at radius 3 is 2.89 bits per heavy atom. The molecule has 1 aromatic heterocycles. The van der Waals surface area contributed by atoms with Crippen molar-refractivity contribution < 1.29 is 9.53 Å². The summed E-state index contributed by atoms with van der Waals surface area (Å²) in [5.74, 6) is -0.157. The van der Waals surface area contributed by atoms with Crippen molar-refractivity contribution >= 4 is 33.2 Å². The zero-order valence-corrected chi connectivity index (χ0v) is 13.3. The van der Waals surface area contributed by atoms with Crippen LogP contribution in [0.15, 0.2) is 15.9 Å². The van der Waals surface area contributed by atoms with Gasteiger partial charge in [-0.25, -0.2) is 0 Å². The van der Waals surface area contributed by atoms with Gasteiger partial charge in [-0.1, -0.05) is 19.8 Å². The molecule has 1 rings (SSSR count). The molecule has 0 aromatic carbocycles. The number of nitrogens with one attached hydrogen (secondary N) is 1. The van der Waals surface area contributed by atoms with E-state index in [1.165, 1.54) is 12.0 Å². The maximum atomic E-state index is 11.6. The largest absolute Gasteiger partial charge is 0.468 e. The minimum atomic E-state index is -0.168. The molecule has 0 bridgehead atoms. The van der Waals surface area contributed by atoms with Gasteiger partial charge in [0.2, 0.25) is 0 Å². The highest BCUT2D eigenvalue weighted by Gasteiger charge is 2.17. The van der Waals surface area contributed by atoms with Crippen molar-refractivity contribution in [3.05, 3.63) is 20.8 Å². The van der Waals surface area contributed by atoms with Crippen molar-refractivity contribution in [1.82, 2.24) is 5.32 Å². The highest BCUT2D eigenvalue weighted by Crippen LogP contribution is 2.22. The molecule has 18 heavy (non-hydrogen) atoms. The molecular formula is C13H20BrNO2S. The van der Waals surface area contributed by atoms with Crippen LogP contribution < -0.4 is 5.32 Å². The Kier molecular flexibility index (Phi) is 7.54. The lowest BCUT2D eigenvalue weighted by atomic mass is 10.1. The second-order valence-corrected chi connectivity index (χ2v) is 6.68. The van der Waals surface area contributed by atoms with E-state index in [0.717, 1.165) is 36.0 Å². The van der Waals surface area contributed by atoms with Crippen molar-refractivity contribution in [1.29, 1.82) is 0 Å². The maximum absolute atomic E-state index is 11.6. The number of rotatable bonds is 8. The van der Waals surface area contributed by atoms with Crippen LogP contribution >= 0.6 is 27.3 Å². The molecule has 1 aromatic rings. The Labute approximate surface area is 121 Å². The highest BCUT2D eigenvalue weighted by molar-refractivity contribution is 9.11. The number of methoxy groups -OCH3 is 1. The van der Waals surface area contributed by atoms with E-state index in [0.29, 0.717) is 0 Å². The normalized spacial score (nSPS) is 12.4. The summed E-state index contributed by atoms with van der Waals surface area (Å²) in [7, 11) is 1.44. The molecule has 102 valence electrons. The molecule has 3 nitrogen and oxygen atoms in total. The third-order valence-electron chi connectivity index (χ3n) is 2.72. The number of halogens is 1. The molecule has 0 fully saturated rings. The Hall–Kier alpha value is -0.390. The van der Waals surface area contributed by atoms with E-state index in [9.17, 15) is 4.79 Å². The summed E-state index contributed by atoms with van der Waals surface area (Å²) >= 11 is 5.18. The Morgan fingerprint density at radius 2 is 2.33 bits per heavy atom.